The van der Waals surface area contributed by atoms with Gasteiger partial charge in [-0.3, -0.25) is 9.88 Å². The third-order valence-electron chi connectivity index (χ3n) is 4.26. The topological polar surface area (TPSA) is 54.2 Å². The van der Waals surface area contributed by atoms with Gasteiger partial charge in [-0.1, -0.05) is 0 Å². The summed E-state index contributed by atoms with van der Waals surface area (Å²) in [5, 5.41) is 4.51. The smallest absolute Gasteiger partial charge is 0.0954 e. The molecule has 112 valence electrons. The number of benzene rings is 1. The van der Waals surface area contributed by atoms with E-state index in [2.05, 4.69) is 45.1 Å². The molecule has 1 aliphatic rings. The number of hydrogen-bond donors (Lipinski definition) is 2. The highest BCUT2D eigenvalue weighted by molar-refractivity contribution is 9.10. The van der Waals surface area contributed by atoms with Crippen LogP contribution in [-0.2, 0) is 0 Å². The zero-order valence-electron chi connectivity index (χ0n) is 12.4. The summed E-state index contributed by atoms with van der Waals surface area (Å²) in [5.74, 6) is 0. The highest BCUT2D eigenvalue weighted by atomic mass is 79.9. The summed E-state index contributed by atoms with van der Waals surface area (Å²) in [6, 6.07) is 7.25. The maximum Gasteiger partial charge on any atom is 0.0954 e. The molecule has 0 saturated heterocycles. The average molecular weight is 349 g/mol. The van der Waals surface area contributed by atoms with E-state index in [0.29, 0.717) is 6.04 Å². The van der Waals surface area contributed by atoms with Crippen molar-refractivity contribution in [3.63, 3.8) is 0 Å². The fourth-order valence-corrected chi connectivity index (χ4v) is 2.93. The number of nitrogens with two attached hydrogens (primary N) is 1. The zero-order valence-corrected chi connectivity index (χ0v) is 14.0. The summed E-state index contributed by atoms with van der Waals surface area (Å²) >= 11 is 3.45. The fourth-order valence-electron chi connectivity index (χ4n) is 2.60. The van der Waals surface area contributed by atoms with Gasteiger partial charge in [0.05, 0.1) is 11.2 Å². The lowest BCUT2D eigenvalue weighted by Crippen LogP contribution is -2.36. The first-order valence-corrected chi connectivity index (χ1v) is 8.15. The van der Waals surface area contributed by atoms with Gasteiger partial charge in [0.25, 0.3) is 0 Å². The largest absolute Gasteiger partial charge is 0.398 e. The molecule has 1 atom stereocenters. The fraction of sp³-hybridized carbons (Fsp3) is 0.438. The first-order chi connectivity index (χ1) is 10.1. The quantitative estimate of drug-likeness (QED) is 0.812. The first-order valence-electron chi connectivity index (χ1n) is 7.36. The third-order valence-corrected chi connectivity index (χ3v) is 4.69. The van der Waals surface area contributed by atoms with Gasteiger partial charge in [-0.2, -0.15) is 0 Å². The summed E-state index contributed by atoms with van der Waals surface area (Å²) in [5.41, 5.74) is 8.78. The number of fused-ring (bicyclic) bond motifs is 1. The van der Waals surface area contributed by atoms with Crippen molar-refractivity contribution in [2.24, 2.45) is 0 Å². The second-order valence-electron chi connectivity index (χ2n) is 5.88. The Morgan fingerprint density at radius 2 is 2.24 bits per heavy atom. The number of nitrogens with zero attached hydrogens (tertiary/aromatic N) is 2. The zero-order chi connectivity index (χ0) is 15.0. The van der Waals surface area contributed by atoms with Crippen LogP contribution in [0.4, 0.5) is 11.4 Å². The Bertz CT molecular complexity index is 654. The van der Waals surface area contributed by atoms with Crippen LogP contribution in [0.3, 0.4) is 0 Å². The van der Waals surface area contributed by atoms with Crippen molar-refractivity contribution in [1.29, 1.82) is 0 Å². The summed E-state index contributed by atoms with van der Waals surface area (Å²) < 4.78 is 0.945. The van der Waals surface area contributed by atoms with Crippen molar-refractivity contribution in [3.05, 3.63) is 28.9 Å². The molecule has 1 aliphatic carbocycles. The molecule has 0 bridgehead atoms. The SMILES string of the molecule is CC(CNc1ccc(N)c2cc(Br)cnc12)N(C)C1CC1. The number of pyridine rings is 1. The Morgan fingerprint density at radius 3 is 2.95 bits per heavy atom. The molecule has 0 spiro atoms. The molecule has 1 aromatic heterocycles. The third kappa shape index (κ3) is 3.14. The number of halogens is 1. The number of hydrogen-bond acceptors (Lipinski definition) is 4. The Balaban J connectivity index is 1.79. The standard InChI is InChI=1S/C16H21BrN4/c1-10(21(2)12-3-4-12)8-19-15-6-5-14(18)13-7-11(17)9-20-16(13)15/h5-7,9-10,12,19H,3-4,8,18H2,1-2H3. The molecular formula is C16H21BrN4. The number of rotatable bonds is 5. The maximum atomic E-state index is 6.05. The van der Waals surface area contributed by atoms with Crippen molar-refractivity contribution in [2.75, 3.05) is 24.6 Å². The molecule has 3 rings (SSSR count). The van der Waals surface area contributed by atoms with Gasteiger partial charge in [-0.15, -0.1) is 0 Å². The van der Waals surface area contributed by atoms with Gasteiger partial charge in [0.1, 0.15) is 0 Å². The van der Waals surface area contributed by atoms with E-state index in [1.165, 1.54) is 12.8 Å². The molecule has 2 aromatic rings. The van der Waals surface area contributed by atoms with Crippen LogP contribution < -0.4 is 11.1 Å². The monoisotopic (exact) mass is 348 g/mol. The molecule has 3 N–H and O–H groups in total. The number of aromatic nitrogens is 1. The maximum absolute atomic E-state index is 6.05. The molecule has 4 nitrogen and oxygen atoms in total. The molecule has 5 heteroatoms. The predicted octanol–water partition coefficient (Wildman–Crippen LogP) is 3.47. The van der Waals surface area contributed by atoms with Crippen LogP contribution in [0.25, 0.3) is 10.9 Å². The summed E-state index contributed by atoms with van der Waals surface area (Å²) in [7, 11) is 2.21. The van der Waals surface area contributed by atoms with Gasteiger partial charge in [-0.05, 0) is 60.9 Å². The van der Waals surface area contributed by atoms with Gasteiger partial charge < -0.3 is 11.1 Å². The Hall–Kier alpha value is -1.33. The lowest BCUT2D eigenvalue weighted by atomic mass is 10.1. The van der Waals surface area contributed by atoms with Crippen molar-refractivity contribution >= 4 is 38.2 Å². The number of nitrogen functional groups attached to an aromatic ring is 1. The van der Waals surface area contributed by atoms with Crippen molar-refractivity contribution in [2.45, 2.75) is 31.8 Å². The van der Waals surface area contributed by atoms with Crippen LogP contribution >= 0.6 is 15.9 Å². The molecule has 1 unspecified atom stereocenters. The van der Waals surface area contributed by atoms with E-state index >= 15 is 0 Å². The van der Waals surface area contributed by atoms with Gasteiger partial charge in [-0.25, -0.2) is 0 Å². The minimum Gasteiger partial charge on any atom is -0.398 e. The van der Waals surface area contributed by atoms with E-state index in [0.717, 1.165) is 39.3 Å². The minimum atomic E-state index is 0.501. The van der Waals surface area contributed by atoms with E-state index in [4.69, 9.17) is 5.73 Å². The van der Waals surface area contributed by atoms with Gasteiger partial charge in [0.15, 0.2) is 0 Å². The first kappa shape index (κ1) is 14.6. The summed E-state index contributed by atoms with van der Waals surface area (Å²) in [6.45, 7) is 3.17. The highest BCUT2D eigenvalue weighted by Gasteiger charge is 2.28. The van der Waals surface area contributed by atoms with Crippen molar-refractivity contribution in [3.8, 4) is 0 Å². The summed E-state index contributed by atoms with van der Waals surface area (Å²) in [6.07, 6.45) is 4.48. The van der Waals surface area contributed by atoms with E-state index in [9.17, 15) is 0 Å². The van der Waals surface area contributed by atoms with Gasteiger partial charge in [0.2, 0.25) is 0 Å². The highest BCUT2D eigenvalue weighted by Crippen LogP contribution is 2.30. The molecule has 0 radical (unpaired) electrons. The molecule has 0 amide bonds. The number of likely N-dealkylation sites (N-methyl/N-ethyl adjacent to an activating group) is 1. The molecule has 0 aliphatic heterocycles. The van der Waals surface area contributed by atoms with E-state index in [-0.39, 0.29) is 0 Å². The Labute approximate surface area is 133 Å². The van der Waals surface area contributed by atoms with E-state index < -0.39 is 0 Å². The van der Waals surface area contributed by atoms with Crippen LogP contribution in [0.5, 0.6) is 0 Å². The minimum absolute atomic E-state index is 0.501. The number of anilines is 2. The average Bonchev–Trinajstić information content (AvgIpc) is 3.30. The second kappa shape index (κ2) is 5.81. The van der Waals surface area contributed by atoms with Crippen molar-refractivity contribution in [1.82, 2.24) is 9.88 Å². The van der Waals surface area contributed by atoms with Crippen molar-refractivity contribution < 1.29 is 0 Å². The lowest BCUT2D eigenvalue weighted by molar-refractivity contribution is 0.257. The normalized spacial score (nSPS) is 16.4. The molecule has 1 saturated carbocycles. The molecular weight excluding hydrogens is 328 g/mol. The molecule has 1 heterocycles. The predicted molar refractivity (Wildman–Crippen MR) is 92.6 cm³/mol. The van der Waals surface area contributed by atoms with Crippen LogP contribution in [0.15, 0.2) is 28.9 Å². The Kier molecular flexibility index (Phi) is 4.04. The lowest BCUT2D eigenvalue weighted by Gasteiger charge is -2.25. The van der Waals surface area contributed by atoms with Gasteiger partial charge >= 0.3 is 0 Å². The van der Waals surface area contributed by atoms with Crippen LogP contribution in [0, 0.1) is 0 Å². The second-order valence-corrected chi connectivity index (χ2v) is 6.79. The number of nitrogens with one attached hydrogen (secondary N) is 1. The molecule has 1 aromatic carbocycles. The van der Waals surface area contributed by atoms with Crippen LogP contribution in [0.2, 0.25) is 0 Å². The van der Waals surface area contributed by atoms with Gasteiger partial charge in [0, 0.05) is 40.4 Å². The molecule has 21 heavy (non-hydrogen) atoms. The van der Waals surface area contributed by atoms with E-state index in [1.54, 1.807) is 0 Å². The van der Waals surface area contributed by atoms with Crippen LogP contribution in [0.1, 0.15) is 19.8 Å². The molecule has 1 fully saturated rings. The van der Waals surface area contributed by atoms with E-state index in [1.807, 2.05) is 24.4 Å². The van der Waals surface area contributed by atoms with Crippen LogP contribution in [-0.4, -0.2) is 35.6 Å². The Morgan fingerprint density at radius 1 is 1.48 bits per heavy atom. The summed E-state index contributed by atoms with van der Waals surface area (Å²) in [4.78, 5) is 6.96.